The standard InChI is InChI=1S/C5H13N.ClH/c1-5(2,3)4-6;/h4,6H2,1-3H3;1H. The summed E-state index contributed by atoms with van der Waals surface area (Å²) in [5.74, 6) is 0. The molecule has 0 bridgehead atoms. The van der Waals surface area contributed by atoms with Crippen LogP contribution in [0.3, 0.4) is 0 Å². The van der Waals surface area contributed by atoms with Crippen molar-refractivity contribution in [1.82, 2.24) is 0 Å². The van der Waals surface area contributed by atoms with E-state index in [4.69, 9.17) is 5.73 Å². The molecule has 0 amide bonds. The number of nitrogens with two attached hydrogens (primary N) is 1. The summed E-state index contributed by atoms with van der Waals surface area (Å²) in [4.78, 5) is 0. The third kappa shape index (κ3) is 10.7. The van der Waals surface area contributed by atoms with E-state index in [0.717, 1.165) is 6.54 Å². The van der Waals surface area contributed by atoms with Crippen LogP contribution in [-0.4, -0.2) is 6.54 Å². The van der Waals surface area contributed by atoms with Crippen molar-refractivity contribution in [1.29, 1.82) is 0 Å². The summed E-state index contributed by atoms with van der Waals surface area (Å²) < 4.78 is 0. The largest absolute Gasteiger partial charge is 0.330 e. The molecule has 0 aromatic rings. The Balaban J connectivity index is 0. The van der Waals surface area contributed by atoms with E-state index < -0.39 is 0 Å². The van der Waals surface area contributed by atoms with E-state index in [1.807, 2.05) is 0 Å². The molecule has 0 radical (unpaired) electrons. The van der Waals surface area contributed by atoms with Crippen molar-refractivity contribution in [3.63, 3.8) is 0 Å². The van der Waals surface area contributed by atoms with Gasteiger partial charge in [0, 0.05) is 0 Å². The third-order valence-electron chi connectivity index (χ3n) is 0.612. The Labute approximate surface area is 51.7 Å². The first-order chi connectivity index (χ1) is 2.56. The lowest BCUT2D eigenvalue weighted by atomic mass is 9.98. The Morgan fingerprint density at radius 1 is 1.29 bits per heavy atom. The van der Waals surface area contributed by atoms with Crippen LogP contribution in [0.2, 0.25) is 0 Å². The van der Waals surface area contributed by atoms with Crippen LogP contribution >= 0.6 is 12.4 Å². The van der Waals surface area contributed by atoms with Gasteiger partial charge in [0.15, 0.2) is 0 Å². The molecule has 2 heteroatoms. The lowest BCUT2D eigenvalue weighted by Gasteiger charge is -2.12. The molecule has 0 saturated heterocycles. The zero-order valence-electron chi connectivity index (χ0n) is 5.19. The van der Waals surface area contributed by atoms with Gasteiger partial charge < -0.3 is 5.73 Å². The van der Waals surface area contributed by atoms with E-state index in [1.165, 1.54) is 0 Å². The van der Waals surface area contributed by atoms with Gasteiger partial charge in [0.05, 0.1) is 0 Å². The molecule has 2 N–H and O–H groups in total. The minimum absolute atomic E-state index is 0. The summed E-state index contributed by atoms with van der Waals surface area (Å²) in [6.45, 7) is 7.12. The van der Waals surface area contributed by atoms with Crippen molar-refractivity contribution in [3.05, 3.63) is 0 Å². The Hall–Kier alpha value is 0.250. The number of hydrogen-bond acceptors (Lipinski definition) is 1. The third-order valence-corrected chi connectivity index (χ3v) is 0.612. The zero-order valence-corrected chi connectivity index (χ0v) is 6.01. The fourth-order valence-corrected chi connectivity index (χ4v) is 0. The van der Waals surface area contributed by atoms with E-state index in [1.54, 1.807) is 0 Å². The highest BCUT2D eigenvalue weighted by Crippen LogP contribution is 2.07. The van der Waals surface area contributed by atoms with Crippen LogP contribution in [0.5, 0.6) is 0 Å². The second-order valence-electron chi connectivity index (χ2n) is 2.76. The van der Waals surface area contributed by atoms with Gasteiger partial charge in [-0.05, 0) is 12.0 Å². The van der Waals surface area contributed by atoms with Gasteiger partial charge in [-0.15, -0.1) is 12.4 Å². The first-order valence-corrected chi connectivity index (χ1v) is 2.26. The van der Waals surface area contributed by atoms with Crippen LogP contribution < -0.4 is 5.73 Å². The highest BCUT2D eigenvalue weighted by molar-refractivity contribution is 5.85. The molecule has 0 spiro atoms. The minimum atomic E-state index is 0. The smallest absolute Gasteiger partial charge is 0.00285 e. The number of rotatable bonds is 0. The van der Waals surface area contributed by atoms with Crippen molar-refractivity contribution in [2.24, 2.45) is 11.1 Å². The Bertz CT molecular complexity index is 37.8. The number of hydrogen-bond donors (Lipinski definition) is 1. The molecule has 0 heterocycles. The Kier molecular flexibility index (Phi) is 4.81. The molecule has 0 saturated carbocycles. The zero-order chi connectivity index (χ0) is 5.21. The van der Waals surface area contributed by atoms with Crippen molar-refractivity contribution in [2.45, 2.75) is 20.8 Å². The summed E-state index contributed by atoms with van der Waals surface area (Å²) in [6.07, 6.45) is 0. The van der Waals surface area contributed by atoms with Crippen molar-refractivity contribution < 1.29 is 0 Å². The van der Waals surface area contributed by atoms with Gasteiger partial charge in [0.25, 0.3) is 0 Å². The van der Waals surface area contributed by atoms with Crippen LogP contribution in [0.25, 0.3) is 0 Å². The predicted molar refractivity (Wildman–Crippen MR) is 35.8 cm³/mol. The van der Waals surface area contributed by atoms with E-state index in [9.17, 15) is 0 Å². The molecular formula is C5H14ClN. The molecule has 0 aliphatic heterocycles. The van der Waals surface area contributed by atoms with Crippen molar-refractivity contribution in [3.8, 4) is 0 Å². The van der Waals surface area contributed by atoms with E-state index in [2.05, 4.69) is 20.8 Å². The fraction of sp³-hybridized carbons (Fsp3) is 1.00. The highest BCUT2D eigenvalue weighted by atomic mass is 35.5. The molecule has 7 heavy (non-hydrogen) atoms. The lowest BCUT2D eigenvalue weighted by molar-refractivity contribution is 0.428. The van der Waals surface area contributed by atoms with Crippen LogP contribution in [0.4, 0.5) is 0 Å². The first-order valence-electron chi connectivity index (χ1n) is 2.26. The van der Waals surface area contributed by atoms with E-state index in [-0.39, 0.29) is 12.4 Å². The molecule has 0 atom stereocenters. The van der Waals surface area contributed by atoms with Gasteiger partial charge in [-0.1, -0.05) is 20.8 Å². The maximum absolute atomic E-state index is 5.31. The molecule has 0 unspecified atom stereocenters. The second-order valence-corrected chi connectivity index (χ2v) is 2.76. The van der Waals surface area contributed by atoms with Gasteiger partial charge in [0.1, 0.15) is 0 Å². The fourth-order valence-electron chi connectivity index (χ4n) is 0. The summed E-state index contributed by atoms with van der Waals surface area (Å²) in [7, 11) is 0. The topological polar surface area (TPSA) is 26.0 Å². The molecular weight excluding hydrogens is 110 g/mol. The lowest BCUT2D eigenvalue weighted by Crippen LogP contribution is -2.18. The molecule has 0 aliphatic carbocycles. The Morgan fingerprint density at radius 3 is 1.43 bits per heavy atom. The molecule has 0 aromatic carbocycles. The molecule has 0 rings (SSSR count). The van der Waals surface area contributed by atoms with Gasteiger partial charge in [-0.2, -0.15) is 0 Å². The normalized spacial score (nSPS) is 10.3. The average molecular weight is 124 g/mol. The molecule has 1 nitrogen and oxygen atoms in total. The SMILES string of the molecule is CC(C)(C)CN.Cl. The molecule has 46 valence electrons. The van der Waals surface area contributed by atoms with Crippen molar-refractivity contribution in [2.75, 3.05) is 6.54 Å². The highest BCUT2D eigenvalue weighted by Gasteiger charge is 2.03. The summed E-state index contributed by atoms with van der Waals surface area (Å²) in [5.41, 5.74) is 5.62. The van der Waals surface area contributed by atoms with Crippen LogP contribution in [0.15, 0.2) is 0 Å². The van der Waals surface area contributed by atoms with Gasteiger partial charge >= 0.3 is 0 Å². The van der Waals surface area contributed by atoms with Crippen LogP contribution in [-0.2, 0) is 0 Å². The average Bonchev–Trinajstić information content (AvgIpc) is 1.35. The predicted octanol–water partition coefficient (Wildman–Crippen LogP) is 1.41. The molecule has 0 aromatic heterocycles. The molecule has 0 fully saturated rings. The van der Waals surface area contributed by atoms with Gasteiger partial charge in [-0.3, -0.25) is 0 Å². The van der Waals surface area contributed by atoms with E-state index in [0.29, 0.717) is 5.41 Å². The van der Waals surface area contributed by atoms with Crippen LogP contribution in [0.1, 0.15) is 20.8 Å². The molecule has 0 aliphatic rings. The second kappa shape index (κ2) is 3.28. The number of halogens is 1. The monoisotopic (exact) mass is 123 g/mol. The maximum atomic E-state index is 5.31. The van der Waals surface area contributed by atoms with Gasteiger partial charge in [-0.25, -0.2) is 0 Å². The summed E-state index contributed by atoms with van der Waals surface area (Å²) in [6, 6.07) is 0. The summed E-state index contributed by atoms with van der Waals surface area (Å²) >= 11 is 0. The van der Waals surface area contributed by atoms with Gasteiger partial charge in [0.2, 0.25) is 0 Å². The van der Waals surface area contributed by atoms with Crippen LogP contribution in [0, 0.1) is 5.41 Å². The minimum Gasteiger partial charge on any atom is -0.330 e. The van der Waals surface area contributed by atoms with E-state index >= 15 is 0 Å². The summed E-state index contributed by atoms with van der Waals surface area (Å²) in [5, 5.41) is 0. The first kappa shape index (κ1) is 10.3. The Morgan fingerprint density at radius 2 is 1.43 bits per heavy atom. The maximum Gasteiger partial charge on any atom is -0.00285 e. The van der Waals surface area contributed by atoms with Crippen molar-refractivity contribution >= 4 is 12.4 Å². The quantitative estimate of drug-likeness (QED) is 0.518.